The molecular weight excluding hydrogens is 535 g/mol. The summed E-state index contributed by atoms with van der Waals surface area (Å²) in [5.41, 5.74) is 1.71. The fourth-order valence-corrected chi connectivity index (χ4v) is 6.18. The Hall–Kier alpha value is -4.34. The number of carboxylic acid groups (broad SMARTS) is 1. The van der Waals surface area contributed by atoms with Crippen molar-refractivity contribution in [2.45, 2.75) is 24.9 Å². The fourth-order valence-electron chi connectivity index (χ4n) is 6.18. The number of aromatic carboxylic acids is 1. The smallest absolute Gasteiger partial charge is 0.417 e. The summed E-state index contributed by atoms with van der Waals surface area (Å²) in [6.45, 7) is 1.69. The molecule has 7 rings (SSSR count). The van der Waals surface area contributed by atoms with Crippen LogP contribution in [0.1, 0.15) is 46.1 Å². The van der Waals surface area contributed by atoms with E-state index in [1.54, 1.807) is 6.07 Å². The molecule has 0 spiro atoms. The Labute approximate surface area is 233 Å². The van der Waals surface area contributed by atoms with E-state index >= 15 is 0 Å². The summed E-state index contributed by atoms with van der Waals surface area (Å²) >= 11 is 0. The van der Waals surface area contributed by atoms with E-state index < -0.39 is 17.7 Å². The number of piperidine rings is 1. The van der Waals surface area contributed by atoms with Crippen molar-refractivity contribution >= 4 is 28.6 Å². The van der Waals surface area contributed by atoms with Crippen LogP contribution in [-0.4, -0.2) is 41.4 Å². The third-order valence-corrected chi connectivity index (χ3v) is 8.50. The fraction of sp³-hybridized carbons (Fsp3) is 0.323. The molecule has 2 atom stereocenters. The van der Waals surface area contributed by atoms with Crippen LogP contribution in [-0.2, 0) is 6.18 Å². The number of hydrogen-bond donors (Lipinski definition) is 1. The summed E-state index contributed by atoms with van der Waals surface area (Å²) in [7, 11) is 1.51. The van der Waals surface area contributed by atoms with Crippen molar-refractivity contribution in [3.05, 3.63) is 77.2 Å². The van der Waals surface area contributed by atoms with E-state index in [0.29, 0.717) is 40.3 Å². The molecule has 10 heteroatoms. The quantitative estimate of drug-likeness (QED) is 0.263. The first-order chi connectivity index (χ1) is 19.7. The Kier molecular flexibility index (Phi) is 5.85. The zero-order valence-corrected chi connectivity index (χ0v) is 22.1. The number of nitrogens with zero attached hydrogens (tertiary/aromatic N) is 3. The Morgan fingerprint density at radius 2 is 1.88 bits per heavy atom. The predicted octanol–water partition coefficient (Wildman–Crippen LogP) is 6.89. The summed E-state index contributed by atoms with van der Waals surface area (Å²) in [5, 5.41) is 14.2. The highest BCUT2D eigenvalue weighted by molar-refractivity contribution is 5.94. The van der Waals surface area contributed by atoms with Gasteiger partial charge in [-0.05, 0) is 54.9 Å². The number of pyridine rings is 1. The minimum Gasteiger partial charge on any atom is -0.496 e. The van der Waals surface area contributed by atoms with E-state index in [1.165, 1.54) is 25.3 Å². The number of rotatable bonds is 7. The molecule has 2 unspecified atom stereocenters. The van der Waals surface area contributed by atoms with Gasteiger partial charge in [0.1, 0.15) is 17.2 Å². The Bertz CT molecular complexity index is 1700. The first kappa shape index (κ1) is 25.6. The van der Waals surface area contributed by atoms with Crippen LogP contribution < -0.4 is 9.64 Å². The normalized spacial score (nSPS) is 22.0. The van der Waals surface area contributed by atoms with Gasteiger partial charge in [0.25, 0.3) is 0 Å². The number of fused-ring (bicyclic) bond motifs is 2. The largest absolute Gasteiger partial charge is 0.496 e. The number of benzene rings is 2. The average molecular weight is 562 g/mol. The van der Waals surface area contributed by atoms with Crippen molar-refractivity contribution in [2.24, 2.45) is 17.8 Å². The molecule has 3 heterocycles. The first-order valence-corrected chi connectivity index (χ1v) is 13.5. The molecule has 3 fully saturated rings. The third kappa shape index (κ3) is 4.51. The number of methoxy groups -OCH3 is 1. The second-order valence-corrected chi connectivity index (χ2v) is 11.0. The van der Waals surface area contributed by atoms with Crippen molar-refractivity contribution in [2.75, 3.05) is 25.1 Å². The lowest BCUT2D eigenvalue weighted by Crippen LogP contribution is -2.23. The highest BCUT2D eigenvalue weighted by Gasteiger charge is 2.54. The molecule has 4 aromatic rings. The van der Waals surface area contributed by atoms with Crippen LogP contribution in [0.15, 0.2) is 59.1 Å². The third-order valence-electron chi connectivity index (χ3n) is 8.50. The van der Waals surface area contributed by atoms with Gasteiger partial charge >= 0.3 is 12.1 Å². The molecule has 0 amide bonds. The molecule has 41 heavy (non-hydrogen) atoms. The first-order valence-electron chi connectivity index (χ1n) is 13.5. The van der Waals surface area contributed by atoms with E-state index in [-0.39, 0.29) is 22.9 Å². The summed E-state index contributed by atoms with van der Waals surface area (Å²) in [4.78, 5) is 17.9. The number of carbonyl (C=O) groups is 1. The Morgan fingerprint density at radius 1 is 1.12 bits per heavy atom. The maximum atomic E-state index is 13.8. The molecule has 1 aliphatic heterocycles. The van der Waals surface area contributed by atoms with E-state index in [9.17, 15) is 23.1 Å². The second kappa shape index (κ2) is 9.36. The van der Waals surface area contributed by atoms with Crippen molar-refractivity contribution in [3.8, 4) is 17.0 Å². The number of alkyl halides is 3. The van der Waals surface area contributed by atoms with Gasteiger partial charge < -0.3 is 19.3 Å². The van der Waals surface area contributed by atoms with Crippen molar-refractivity contribution < 1.29 is 32.3 Å². The zero-order chi connectivity index (χ0) is 28.5. The standard InChI is InChI=1S/C31H26F3N3O4/c1-40-27-13-26(30(38)39)35-25-11-8-17(12-21(25)27)37-14-22-18(23(22)15-37)9-10-20-28(36-41-29(20)16-6-7-16)19-4-2-3-5-24(19)31(32,33)34/h2-5,8-13,16,18,22-23H,6-7,14-15H2,1H3,(H,38,39)/b10-9+. The number of anilines is 1. The Morgan fingerprint density at radius 3 is 2.56 bits per heavy atom. The second-order valence-electron chi connectivity index (χ2n) is 11.0. The van der Waals surface area contributed by atoms with Gasteiger partial charge in [-0.25, -0.2) is 9.78 Å². The van der Waals surface area contributed by atoms with Gasteiger partial charge in [0.15, 0.2) is 5.69 Å². The van der Waals surface area contributed by atoms with Crippen LogP contribution in [0.3, 0.4) is 0 Å². The number of carboxylic acids is 1. The Balaban J connectivity index is 1.11. The van der Waals surface area contributed by atoms with E-state index in [1.807, 2.05) is 24.3 Å². The van der Waals surface area contributed by atoms with Gasteiger partial charge in [0.05, 0.1) is 18.2 Å². The topological polar surface area (TPSA) is 88.7 Å². The van der Waals surface area contributed by atoms with Crippen molar-refractivity contribution in [1.82, 2.24) is 10.1 Å². The summed E-state index contributed by atoms with van der Waals surface area (Å²) in [5.74, 6) is 1.42. The van der Waals surface area contributed by atoms with Gasteiger partial charge in [0, 0.05) is 47.3 Å². The minimum absolute atomic E-state index is 0.0363. The maximum absolute atomic E-state index is 13.8. The number of ether oxygens (including phenoxy) is 1. The van der Waals surface area contributed by atoms with Crippen LogP contribution in [0.2, 0.25) is 0 Å². The molecule has 0 bridgehead atoms. The predicted molar refractivity (Wildman–Crippen MR) is 146 cm³/mol. The number of allylic oxidation sites excluding steroid dienone is 1. The van der Waals surface area contributed by atoms with Crippen LogP contribution in [0.25, 0.3) is 28.2 Å². The van der Waals surface area contributed by atoms with E-state index in [2.05, 4.69) is 21.1 Å². The molecule has 2 aromatic carbocycles. The molecule has 1 N–H and O–H groups in total. The lowest BCUT2D eigenvalue weighted by molar-refractivity contribution is -0.137. The highest BCUT2D eigenvalue weighted by atomic mass is 19.4. The van der Waals surface area contributed by atoms with Gasteiger partial charge in [-0.2, -0.15) is 13.2 Å². The summed E-state index contributed by atoms with van der Waals surface area (Å²) in [6, 6.07) is 12.7. The van der Waals surface area contributed by atoms with E-state index in [4.69, 9.17) is 9.26 Å². The molecule has 2 aliphatic carbocycles. The molecule has 210 valence electrons. The monoisotopic (exact) mass is 561 g/mol. The van der Waals surface area contributed by atoms with Crippen LogP contribution in [0, 0.1) is 17.8 Å². The highest BCUT2D eigenvalue weighted by Crippen LogP contribution is 2.54. The van der Waals surface area contributed by atoms with Gasteiger partial charge in [0.2, 0.25) is 0 Å². The van der Waals surface area contributed by atoms with Gasteiger partial charge in [-0.15, -0.1) is 0 Å². The zero-order valence-electron chi connectivity index (χ0n) is 22.1. The lowest BCUT2D eigenvalue weighted by atomic mass is 9.98. The number of aromatic nitrogens is 2. The van der Waals surface area contributed by atoms with Crippen LogP contribution in [0.5, 0.6) is 5.75 Å². The average Bonchev–Trinajstić information content (AvgIpc) is 3.82. The summed E-state index contributed by atoms with van der Waals surface area (Å²) in [6.07, 6.45) is 1.44. The number of halogens is 3. The van der Waals surface area contributed by atoms with Gasteiger partial charge in [-0.1, -0.05) is 35.5 Å². The van der Waals surface area contributed by atoms with Crippen molar-refractivity contribution in [1.29, 1.82) is 0 Å². The summed E-state index contributed by atoms with van der Waals surface area (Å²) < 4.78 is 52.3. The lowest BCUT2D eigenvalue weighted by Gasteiger charge is -2.22. The molecule has 3 aliphatic rings. The minimum atomic E-state index is -4.49. The van der Waals surface area contributed by atoms with E-state index in [0.717, 1.165) is 43.1 Å². The van der Waals surface area contributed by atoms with Crippen molar-refractivity contribution in [3.63, 3.8) is 0 Å². The molecular formula is C31H26F3N3O4. The molecule has 2 aromatic heterocycles. The molecule has 1 saturated heterocycles. The molecule has 2 saturated carbocycles. The maximum Gasteiger partial charge on any atom is 0.417 e. The SMILES string of the molecule is COc1cc(C(=O)O)nc2ccc(N3CC4C(/C=C/c5c(-c6ccccc6C(F)(F)F)noc5C5CC5)C4C3)cc12. The van der Waals surface area contributed by atoms with Crippen LogP contribution in [0.4, 0.5) is 18.9 Å². The van der Waals surface area contributed by atoms with Gasteiger partial charge in [-0.3, -0.25) is 0 Å². The molecule has 7 nitrogen and oxygen atoms in total. The molecule has 0 radical (unpaired) electrons. The van der Waals surface area contributed by atoms with Crippen LogP contribution >= 0.6 is 0 Å². The number of hydrogen-bond acceptors (Lipinski definition) is 6.